The molecule has 0 aromatic rings. The van der Waals surface area contributed by atoms with Crippen molar-refractivity contribution < 1.29 is 22.9 Å². The maximum Gasteiger partial charge on any atom is 0.279 e. The molecule has 5 nitrogen and oxygen atoms in total. The van der Waals surface area contributed by atoms with E-state index in [-0.39, 0.29) is 6.42 Å². The Morgan fingerprint density at radius 1 is 0.741 bits per heavy atom. The van der Waals surface area contributed by atoms with Crippen LogP contribution in [0.25, 0.3) is 0 Å². The molecule has 0 rings (SSSR count). The zero-order chi connectivity index (χ0) is 20.6. The summed E-state index contributed by atoms with van der Waals surface area (Å²) in [6, 6.07) is 0. The number of Topliss-reactive ketones (excluding diaryl/α,β-unsaturated/α-hetero) is 1. The van der Waals surface area contributed by atoms with Gasteiger partial charge in [0, 0.05) is 6.42 Å². The third-order valence-electron chi connectivity index (χ3n) is 5.47. The van der Waals surface area contributed by atoms with E-state index in [9.17, 15) is 13.2 Å². The van der Waals surface area contributed by atoms with Crippen LogP contribution in [0.1, 0.15) is 117 Å². The summed E-state index contributed by atoms with van der Waals surface area (Å²) >= 11 is 0. The Kier molecular flexibility index (Phi) is 15.2. The summed E-state index contributed by atoms with van der Waals surface area (Å²) in [5.41, 5.74) is 0. The lowest BCUT2D eigenvalue weighted by Gasteiger charge is -2.21. The molecule has 0 bridgehead atoms. The van der Waals surface area contributed by atoms with Crippen molar-refractivity contribution in [2.24, 2.45) is 0 Å². The number of unbranched alkanes of at least 4 members (excludes halogenated alkanes) is 14. The smallest absolute Gasteiger partial charge is 0.279 e. The van der Waals surface area contributed by atoms with E-state index in [1.54, 1.807) is 0 Å². The minimum Gasteiger partial charge on any atom is -0.394 e. The number of carbonyl (C=O) groups excluding carboxylic acids is 1. The summed E-state index contributed by atoms with van der Waals surface area (Å²) in [4.78, 5) is 12.0. The van der Waals surface area contributed by atoms with Crippen LogP contribution in [0, 0.1) is 0 Å². The molecular formula is C21H42O5S. The Labute approximate surface area is 167 Å². The van der Waals surface area contributed by atoms with Crippen LogP contribution in [0.5, 0.6) is 0 Å². The molecule has 2 N–H and O–H groups in total. The molecule has 162 valence electrons. The molecule has 0 aromatic carbocycles. The van der Waals surface area contributed by atoms with Crippen LogP contribution in [-0.2, 0) is 14.9 Å². The van der Waals surface area contributed by atoms with Crippen LogP contribution in [0.2, 0.25) is 0 Å². The molecule has 0 radical (unpaired) electrons. The molecular weight excluding hydrogens is 364 g/mol. The van der Waals surface area contributed by atoms with Crippen LogP contribution >= 0.6 is 0 Å². The highest BCUT2D eigenvalue weighted by atomic mass is 32.2. The van der Waals surface area contributed by atoms with E-state index in [1.165, 1.54) is 70.6 Å². The molecule has 0 heterocycles. The highest BCUT2D eigenvalue weighted by Crippen LogP contribution is 2.20. The van der Waals surface area contributed by atoms with Crippen LogP contribution < -0.4 is 0 Å². The zero-order valence-electron chi connectivity index (χ0n) is 17.5. The van der Waals surface area contributed by atoms with Crippen molar-refractivity contribution in [3.8, 4) is 0 Å². The molecule has 0 saturated heterocycles. The van der Waals surface area contributed by atoms with E-state index in [0.717, 1.165) is 26.2 Å². The van der Waals surface area contributed by atoms with Crippen molar-refractivity contribution in [1.82, 2.24) is 0 Å². The van der Waals surface area contributed by atoms with Gasteiger partial charge in [-0.25, -0.2) is 0 Å². The average molecular weight is 407 g/mol. The monoisotopic (exact) mass is 406 g/mol. The zero-order valence-corrected chi connectivity index (χ0v) is 18.4. The normalized spacial score (nSPS) is 14.2. The van der Waals surface area contributed by atoms with E-state index >= 15 is 0 Å². The highest BCUT2D eigenvalue weighted by Gasteiger charge is 2.44. The van der Waals surface area contributed by atoms with Crippen molar-refractivity contribution in [3.05, 3.63) is 0 Å². The molecule has 0 aliphatic heterocycles. The molecule has 0 amide bonds. The number of aliphatic hydroxyl groups is 1. The van der Waals surface area contributed by atoms with Gasteiger partial charge in [0.2, 0.25) is 0 Å². The molecule has 0 fully saturated rings. The summed E-state index contributed by atoms with van der Waals surface area (Å²) in [6.07, 6.45) is 18.4. The second kappa shape index (κ2) is 15.5. The van der Waals surface area contributed by atoms with Crippen molar-refractivity contribution in [2.45, 2.75) is 121 Å². The number of hydrogen-bond donors (Lipinski definition) is 2. The fraction of sp³-hybridized carbons (Fsp3) is 0.952. The minimum absolute atomic E-state index is 0.0785. The van der Waals surface area contributed by atoms with Gasteiger partial charge in [-0.1, -0.05) is 96.8 Å². The van der Waals surface area contributed by atoms with Gasteiger partial charge in [-0.15, -0.1) is 0 Å². The van der Waals surface area contributed by atoms with Gasteiger partial charge in [0.1, 0.15) is 0 Å². The minimum atomic E-state index is -4.58. The van der Waals surface area contributed by atoms with Gasteiger partial charge in [0.25, 0.3) is 10.1 Å². The molecule has 6 heteroatoms. The first-order chi connectivity index (χ1) is 12.8. The Balaban J connectivity index is 3.51. The third kappa shape index (κ3) is 11.9. The molecule has 0 spiro atoms. The van der Waals surface area contributed by atoms with Crippen LogP contribution in [0.3, 0.4) is 0 Å². The standard InChI is InChI=1S/C21H42O5S/c1-3-4-5-6-7-8-9-10-11-12-13-14-15-16-17-18-20(23)21(2,19-22)27(24,25)26/h22H,3-19H2,1-2H3,(H,24,25,26). The average Bonchev–Trinajstić information content (AvgIpc) is 2.62. The predicted molar refractivity (Wildman–Crippen MR) is 112 cm³/mol. The highest BCUT2D eigenvalue weighted by molar-refractivity contribution is 7.88. The molecule has 0 aromatic heterocycles. The first-order valence-electron chi connectivity index (χ1n) is 10.9. The number of rotatable bonds is 19. The summed E-state index contributed by atoms with van der Waals surface area (Å²) in [5, 5.41) is 9.16. The Morgan fingerprint density at radius 2 is 1.07 bits per heavy atom. The van der Waals surface area contributed by atoms with Crippen molar-refractivity contribution in [2.75, 3.05) is 6.61 Å². The molecule has 1 unspecified atom stereocenters. The van der Waals surface area contributed by atoms with E-state index < -0.39 is 27.3 Å². The quantitative estimate of drug-likeness (QED) is 0.220. The second-order valence-corrected chi connectivity index (χ2v) is 9.84. The van der Waals surface area contributed by atoms with Crippen molar-refractivity contribution in [1.29, 1.82) is 0 Å². The number of hydrogen-bond acceptors (Lipinski definition) is 4. The number of aliphatic hydroxyl groups excluding tert-OH is 1. The largest absolute Gasteiger partial charge is 0.394 e. The van der Waals surface area contributed by atoms with Crippen molar-refractivity contribution >= 4 is 15.9 Å². The fourth-order valence-electron chi connectivity index (χ4n) is 3.23. The fourth-order valence-corrected chi connectivity index (χ4v) is 3.79. The van der Waals surface area contributed by atoms with E-state index in [4.69, 9.17) is 9.66 Å². The van der Waals surface area contributed by atoms with E-state index in [1.807, 2.05) is 0 Å². The molecule has 0 aliphatic carbocycles. The SMILES string of the molecule is CCCCCCCCCCCCCCCCCC(=O)C(C)(CO)S(=O)(=O)O. The van der Waals surface area contributed by atoms with Gasteiger partial charge >= 0.3 is 0 Å². The first-order valence-corrected chi connectivity index (χ1v) is 12.3. The topological polar surface area (TPSA) is 91.7 Å². The maximum atomic E-state index is 12.0. The maximum absolute atomic E-state index is 12.0. The Bertz CT molecular complexity index is 475. The first kappa shape index (κ1) is 26.5. The molecule has 1 atom stereocenters. The molecule has 27 heavy (non-hydrogen) atoms. The van der Waals surface area contributed by atoms with Gasteiger partial charge in [-0.05, 0) is 13.3 Å². The van der Waals surface area contributed by atoms with Gasteiger partial charge in [-0.2, -0.15) is 8.42 Å². The van der Waals surface area contributed by atoms with Crippen LogP contribution in [0.4, 0.5) is 0 Å². The van der Waals surface area contributed by atoms with Gasteiger partial charge < -0.3 is 5.11 Å². The Morgan fingerprint density at radius 3 is 1.37 bits per heavy atom. The molecule has 0 aliphatic rings. The van der Waals surface area contributed by atoms with Crippen LogP contribution in [0.15, 0.2) is 0 Å². The van der Waals surface area contributed by atoms with Gasteiger partial charge in [-0.3, -0.25) is 9.35 Å². The number of carbonyl (C=O) groups is 1. The Hall–Kier alpha value is -0.460. The second-order valence-electron chi connectivity index (χ2n) is 7.99. The third-order valence-corrected chi connectivity index (χ3v) is 6.96. The summed E-state index contributed by atoms with van der Waals surface area (Å²) < 4.78 is 29.6. The molecule has 0 saturated carbocycles. The van der Waals surface area contributed by atoms with E-state index in [0.29, 0.717) is 6.42 Å². The number of ketones is 1. The summed E-state index contributed by atoms with van der Waals surface area (Å²) in [7, 11) is -4.58. The lowest BCUT2D eigenvalue weighted by Crippen LogP contribution is -2.46. The van der Waals surface area contributed by atoms with Gasteiger partial charge in [0.15, 0.2) is 10.5 Å². The summed E-state index contributed by atoms with van der Waals surface area (Å²) in [6.45, 7) is 2.44. The van der Waals surface area contributed by atoms with Crippen LogP contribution in [-0.4, -0.2) is 35.2 Å². The lowest BCUT2D eigenvalue weighted by atomic mass is 9.99. The van der Waals surface area contributed by atoms with E-state index in [2.05, 4.69) is 6.92 Å². The lowest BCUT2D eigenvalue weighted by molar-refractivity contribution is -0.122. The van der Waals surface area contributed by atoms with Crippen molar-refractivity contribution in [3.63, 3.8) is 0 Å². The predicted octanol–water partition coefficient (Wildman–Crippen LogP) is 5.46. The summed E-state index contributed by atoms with van der Waals surface area (Å²) in [5.74, 6) is -0.609. The van der Waals surface area contributed by atoms with Gasteiger partial charge in [0.05, 0.1) is 6.61 Å².